The van der Waals surface area contributed by atoms with Crippen molar-refractivity contribution in [2.75, 3.05) is 0 Å². The van der Waals surface area contributed by atoms with Crippen LogP contribution in [0, 0.1) is 0 Å². The maximum atomic E-state index is 11.6. The maximum Gasteiger partial charge on any atom is 0.331 e. The first kappa shape index (κ1) is 14.2. The molecule has 3 N–H and O–H groups in total. The van der Waals surface area contributed by atoms with Crippen molar-refractivity contribution in [2.45, 2.75) is 45.6 Å². The smallest absolute Gasteiger partial charge is 0.331 e. The molecule has 0 saturated heterocycles. The van der Waals surface area contributed by atoms with Crippen molar-refractivity contribution in [3.05, 3.63) is 11.1 Å². The Morgan fingerprint density at radius 1 is 1.06 bits per heavy atom. The minimum Gasteiger partial charge on any atom is -0.478 e. The normalized spacial score (nSPS) is 17.0. The van der Waals surface area contributed by atoms with Crippen LogP contribution in [-0.2, 0) is 9.59 Å². The maximum absolute atomic E-state index is 11.6. The van der Waals surface area contributed by atoms with Crippen LogP contribution >= 0.6 is 0 Å². The highest BCUT2D eigenvalue weighted by Crippen LogP contribution is 2.17. The molecule has 100 valence electrons. The summed E-state index contributed by atoms with van der Waals surface area (Å²) in [7, 11) is 0. The Morgan fingerprint density at radius 2 is 1.61 bits per heavy atom. The van der Waals surface area contributed by atoms with E-state index < -0.39 is 17.9 Å². The Labute approximate surface area is 105 Å². The minimum absolute atomic E-state index is 0.0315. The first-order valence-electron chi connectivity index (χ1n) is 5.94. The van der Waals surface area contributed by atoms with Crippen LogP contribution in [0.4, 0.5) is 4.79 Å². The zero-order valence-corrected chi connectivity index (χ0v) is 10.6. The number of carboxylic acid groups (broad SMARTS) is 1. The number of carboxylic acids is 1. The third-order valence-corrected chi connectivity index (χ3v) is 3.14. The number of hydrogen-bond acceptors (Lipinski definition) is 3. The predicted octanol–water partition coefficient (Wildman–Crippen LogP) is 1.18. The molecule has 6 nitrogen and oxygen atoms in total. The number of aliphatic carboxylic acids is 1. The summed E-state index contributed by atoms with van der Waals surface area (Å²) in [4.78, 5) is 33.7. The molecule has 0 atom stereocenters. The molecule has 3 amide bonds. The molecule has 0 spiro atoms. The summed E-state index contributed by atoms with van der Waals surface area (Å²) in [6, 6.07) is -0.452. The molecule has 0 heterocycles. The predicted molar refractivity (Wildman–Crippen MR) is 64.9 cm³/mol. The lowest BCUT2D eigenvalue weighted by atomic mass is 10.1. The first-order chi connectivity index (χ1) is 8.41. The summed E-state index contributed by atoms with van der Waals surface area (Å²) in [5.41, 5.74) is -0.0368. The van der Waals surface area contributed by atoms with E-state index in [1.165, 1.54) is 13.8 Å². The number of nitrogens with one attached hydrogen (secondary N) is 2. The van der Waals surface area contributed by atoms with E-state index in [1.807, 2.05) is 0 Å². The van der Waals surface area contributed by atoms with Crippen molar-refractivity contribution in [3.8, 4) is 0 Å². The highest BCUT2D eigenvalue weighted by Gasteiger charge is 2.19. The van der Waals surface area contributed by atoms with Gasteiger partial charge in [-0.3, -0.25) is 10.1 Å². The third-order valence-electron chi connectivity index (χ3n) is 3.14. The van der Waals surface area contributed by atoms with Crippen LogP contribution in [0.1, 0.15) is 39.5 Å². The van der Waals surface area contributed by atoms with Crippen LogP contribution in [-0.4, -0.2) is 29.1 Å². The van der Waals surface area contributed by atoms with E-state index in [0.717, 1.165) is 25.7 Å². The lowest BCUT2D eigenvalue weighted by Gasteiger charge is -2.12. The summed E-state index contributed by atoms with van der Waals surface area (Å²) in [6.45, 7) is 2.70. The molecule has 6 heteroatoms. The summed E-state index contributed by atoms with van der Waals surface area (Å²) >= 11 is 0. The standard InChI is InChI=1S/C12H18N2O4/c1-7(8(2)11(16)17)10(15)14-12(18)13-9-5-3-4-6-9/h9H,3-6H2,1-2H3,(H,16,17)(H2,13,14,15,18). The van der Waals surface area contributed by atoms with Crippen molar-refractivity contribution < 1.29 is 19.5 Å². The zero-order valence-electron chi connectivity index (χ0n) is 10.6. The molecule has 1 aliphatic carbocycles. The van der Waals surface area contributed by atoms with E-state index in [4.69, 9.17) is 5.11 Å². The molecule has 0 aromatic rings. The van der Waals surface area contributed by atoms with E-state index in [9.17, 15) is 14.4 Å². The van der Waals surface area contributed by atoms with E-state index >= 15 is 0 Å². The van der Waals surface area contributed by atoms with Crippen molar-refractivity contribution in [1.82, 2.24) is 10.6 Å². The highest BCUT2D eigenvalue weighted by atomic mass is 16.4. The van der Waals surface area contributed by atoms with Gasteiger partial charge in [0, 0.05) is 17.2 Å². The zero-order chi connectivity index (χ0) is 13.7. The van der Waals surface area contributed by atoms with Crippen LogP contribution in [0.15, 0.2) is 11.1 Å². The fraction of sp³-hybridized carbons (Fsp3) is 0.583. The number of urea groups is 1. The molecule has 0 unspecified atom stereocenters. The summed E-state index contributed by atoms with van der Waals surface area (Å²) in [5, 5.41) is 13.6. The Balaban J connectivity index is 2.51. The van der Waals surface area contributed by atoms with Gasteiger partial charge in [-0.05, 0) is 26.7 Å². The molecule has 0 radical (unpaired) electrons. The van der Waals surface area contributed by atoms with Crippen LogP contribution < -0.4 is 10.6 Å². The molecular formula is C12H18N2O4. The number of rotatable bonds is 3. The van der Waals surface area contributed by atoms with Crippen molar-refractivity contribution >= 4 is 17.9 Å². The Hall–Kier alpha value is -1.85. The molecule has 0 aliphatic heterocycles. The molecule has 1 aliphatic rings. The van der Waals surface area contributed by atoms with Gasteiger partial charge in [0.05, 0.1) is 0 Å². The van der Waals surface area contributed by atoms with Gasteiger partial charge in [-0.25, -0.2) is 9.59 Å². The van der Waals surface area contributed by atoms with Gasteiger partial charge in [0.15, 0.2) is 0 Å². The van der Waals surface area contributed by atoms with Gasteiger partial charge < -0.3 is 10.4 Å². The molecule has 0 aromatic heterocycles. The van der Waals surface area contributed by atoms with Gasteiger partial charge in [0.25, 0.3) is 5.91 Å². The topological polar surface area (TPSA) is 95.5 Å². The molecular weight excluding hydrogens is 236 g/mol. The Kier molecular flexibility index (Phi) is 4.88. The summed E-state index contributed by atoms with van der Waals surface area (Å²) in [6.07, 6.45) is 4.00. The number of hydrogen-bond donors (Lipinski definition) is 3. The SMILES string of the molecule is CC(C(=O)O)=C(C)C(=O)NC(=O)NC1CCCC1. The second-order valence-corrected chi connectivity index (χ2v) is 4.46. The van der Waals surface area contributed by atoms with E-state index in [2.05, 4.69) is 10.6 Å². The van der Waals surface area contributed by atoms with Gasteiger partial charge >= 0.3 is 12.0 Å². The molecule has 0 bridgehead atoms. The number of carbonyl (C=O) groups is 3. The number of amides is 3. The van der Waals surface area contributed by atoms with Gasteiger partial charge in [0.1, 0.15) is 0 Å². The van der Waals surface area contributed by atoms with Crippen LogP contribution in [0.3, 0.4) is 0 Å². The van der Waals surface area contributed by atoms with Crippen molar-refractivity contribution in [3.63, 3.8) is 0 Å². The van der Waals surface area contributed by atoms with Crippen LogP contribution in [0.5, 0.6) is 0 Å². The average Bonchev–Trinajstić information content (AvgIpc) is 2.79. The van der Waals surface area contributed by atoms with E-state index in [1.54, 1.807) is 0 Å². The van der Waals surface area contributed by atoms with Crippen LogP contribution in [0.2, 0.25) is 0 Å². The highest BCUT2D eigenvalue weighted by molar-refractivity contribution is 6.07. The van der Waals surface area contributed by atoms with E-state index in [-0.39, 0.29) is 17.2 Å². The first-order valence-corrected chi connectivity index (χ1v) is 5.94. The Morgan fingerprint density at radius 3 is 2.11 bits per heavy atom. The van der Waals surface area contributed by atoms with Gasteiger partial charge in [-0.15, -0.1) is 0 Å². The second kappa shape index (κ2) is 6.18. The third kappa shape index (κ3) is 3.87. The van der Waals surface area contributed by atoms with Crippen molar-refractivity contribution in [1.29, 1.82) is 0 Å². The molecule has 1 saturated carbocycles. The lowest BCUT2D eigenvalue weighted by molar-refractivity contribution is -0.133. The molecule has 0 aromatic carbocycles. The Bertz CT molecular complexity index is 395. The fourth-order valence-electron chi connectivity index (χ4n) is 1.82. The fourth-order valence-corrected chi connectivity index (χ4v) is 1.82. The van der Waals surface area contributed by atoms with Gasteiger partial charge in [-0.2, -0.15) is 0 Å². The summed E-state index contributed by atoms with van der Waals surface area (Å²) in [5.74, 6) is -1.84. The minimum atomic E-state index is -1.17. The molecule has 1 rings (SSSR count). The lowest BCUT2D eigenvalue weighted by Crippen LogP contribution is -2.44. The second-order valence-electron chi connectivity index (χ2n) is 4.46. The monoisotopic (exact) mass is 254 g/mol. The number of carbonyl (C=O) groups excluding carboxylic acids is 2. The van der Waals surface area contributed by atoms with E-state index in [0.29, 0.717) is 0 Å². The van der Waals surface area contributed by atoms with Crippen LogP contribution in [0.25, 0.3) is 0 Å². The molecule has 1 fully saturated rings. The molecule has 18 heavy (non-hydrogen) atoms. The van der Waals surface area contributed by atoms with Gasteiger partial charge in [0.2, 0.25) is 0 Å². The quantitative estimate of drug-likeness (QED) is 0.659. The number of imide groups is 1. The largest absolute Gasteiger partial charge is 0.478 e. The van der Waals surface area contributed by atoms with Gasteiger partial charge in [-0.1, -0.05) is 12.8 Å². The summed E-state index contributed by atoms with van der Waals surface area (Å²) < 4.78 is 0. The average molecular weight is 254 g/mol. The van der Waals surface area contributed by atoms with Crippen molar-refractivity contribution in [2.24, 2.45) is 0 Å².